The molecule has 20 heavy (non-hydrogen) atoms. The van der Waals surface area contributed by atoms with Gasteiger partial charge in [0.1, 0.15) is 11.5 Å². The average Bonchev–Trinajstić information content (AvgIpc) is 2.43. The molecule has 2 aromatic carbocycles. The summed E-state index contributed by atoms with van der Waals surface area (Å²) in [6.07, 6.45) is 0. The Morgan fingerprint density at radius 2 is 1.90 bits per heavy atom. The van der Waals surface area contributed by atoms with Crippen LogP contribution in [-0.4, -0.2) is 6.54 Å². The third kappa shape index (κ3) is 3.53. The van der Waals surface area contributed by atoms with E-state index in [1.807, 2.05) is 30.3 Å². The number of aryl methyl sites for hydroxylation is 2. The van der Waals surface area contributed by atoms with Crippen LogP contribution in [0, 0.1) is 13.8 Å². The van der Waals surface area contributed by atoms with Gasteiger partial charge in [0.2, 0.25) is 0 Å². The lowest BCUT2D eigenvalue weighted by Crippen LogP contribution is -2.12. The molecule has 2 nitrogen and oxygen atoms in total. The molecule has 0 fully saturated rings. The second kappa shape index (κ2) is 6.78. The van der Waals surface area contributed by atoms with E-state index in [4.69, 9.17) is 16.3 Å². The maximum absolute atomic E-state index is 6.28. The lowest BCUT2D eigenvalue weighted by Gasteiger charge is -2.14. The Labute approximate surface area is 125 Å². The van der Waals surface area contributed by atoms with Crippen molar-refractivity contribution >= 4 is 11.6 Å². The van der Waals surface area contributed by atoms with Crippen molar-refractivity contribution in [1.82, 2.24) is 5.32 Å². The van der Waals surface area contributed by atoms with Crippen molar-refractivity contribution in [1.29, 1.82) is 0 Å². The minimum atomic E-state index is 0.638. The van der Waals surface area contributed by atoms with E-state index in [0.717, 1.165) is 30.2 Å². The number of hydrogen-bond donors (Lipinski definition) is 1. The molecule has 2 aromatic rings. The number of ether oxygens (including phenoxy) is 1. The lowest BCUT2D eigenvalue weighted by molar-refractivity contribution is 0.473. The van der Waals surface area contributed by atoms with Crippen molar-refractivity contribution in [3.8, 4) is 11.5 Å². The molecule has 0 aliphatic heterocycles. The molecule has 106 valence electrons. The molecule has 0 aliphatic rings. The van der Waals surface area contributed by atoms with E-state index in [0.29, 0.717) is 5.02 Å². The van der Waals surface area contributed by atoms with Crippen LogP contribution >= 0.6 is 11.6 Å². The van der Waals surface area contributed by atoms with Gasteiger partial charge in [0.15, 0.2) is 0 Å². The summed E-state index contributed by atoms with van der Waals surface area (Å²) >= 11 is 6.28. The first kappa shape index (κ1) is 14.9. The molecule has 0 amide bonds. The van der Waals surface area contributed by atoms with Crippen LogP contribution in [0.2, 0.25) is 5.02 Å². The zero-order valence-corrected chi connectivity index (χ0v) is 12.9. The Hall–Kier alpha value is -1.51. The molecule has 0 spiro atoms. The van der Waals surface area contributed by atoms with Crippen molar-refractivity contribution in [2.24, 2.45) is 0 Å². The lowest BCUT2D eigenvalue weighted by atomic mass is 10.1. The number of benzene rings is 2. The summed E-state index contributed by atoms with van der Waals surface area (Å²) in [5.74, 6) is 1.55. The first-order chi connectivity index (χ1) is 9.61. The fraction of sp³-hybridized carbons (Fsp3) is 0.294. The Morgan fingerprint density at radius 1 is 1.10 bits per heavy atom. The van der Waals surface area contributed by atoms with Gasteiger partial charge in [0, 0.05) is 12.1 Å². The molecule has 0 heterocycles. The maximum atomic E-state index is 6.28. The molecule has 0 aromatic heterocycles. The monoisotopic (exact) mass is 289 g/mol. The van der Waals surface area contributed by atoms with E-state index in [1.165, 1.54) is 11.1 Å². The molecule has 0 atom stereocenters. The van der Waals surface area contributed by atoms with Gasteiger partial charge >= 0.3 is 0 Å². The first-order valence-electron chi connectivity index (χ1n) is 6.85. The number of halogens is 1. The van der Waals surface area contributed by atoms with Gasteiger partial charge in [-0.3, -0.25) is 0 Å². The summed E-state index contributed by atoms with van der Waals surface area (Å²) in [6.45, 7) is 7.90. The molecule has 0 saturated carbocycles. The normalized spacial score (nSPS) is 10.6. The van der Waals surface area contributed by atoms with Gasteiger partial charge in [-0.15, -0.1) is 0 Å². The van der Waals surface area contributed by atoms with E-state index in [1.54, 1.807) is 0 Å². The van der Waals surface area contributed by atoms with Gasteiger partial charge in [-0.2, -0.15) is 0 Å². The van der Waals surface area contributed by atoms with Crippen molar-refractivity contribution in [3.05, 3.63) is 58.1 Å². The van der Waals surface area contributed by atoms with Crippen molar-refractivity contribution in [2.75, 3.05) is 6.54 Å². The zero-order valence-electron chi connectivity index (χ0n) is 12.2. The van der Waals surface area contributed by atoms with E-state index in [2.05, 4.69) is 32.2 Å². The average molecular weight is 290 g/mol. The summed E-state index contributed by atoms with van der Waals surface area (Å²) in [5.41, 5.74) is 3.53. The van der Waals surface area contributed by atoms with E-state index >= 15 is 0 Å². The maximum Gasteiger partial charge on any atom is 0.150 e. The fourth-order valence-electron chi connectivity index (χ4n) is 1.96. The molecular weight excluding hydrogens is 270 g/mol. The predicted molar refractivity (Wildman–Crippen MR) is 84.8 cm³/mol. The summed E-state index contributed by atoms with van der Waals surface area (Å²) in [5, 5.41) is 3.94. The molecular formula is C17H20ClNO. The Balaban J connectivity index is 2.29. The van der Waals surface area contributed by atoms with Gasteiger partial charge < -0.3 is 10.1 Å². The van der Waals surface area contributed by atoms with Crippen molar-refractivity contribution < 1.29 is 4.74 Å². The van der Waals surface area contributed by atoms with Crippen LogP contribution in [0.3, 0.4) is 0 Å². The number of rotatable bonds is 5. The standard InChI is InChI=1S/C17H20ClNO/c1-4-19-11-14-6-5-7-16(18)17(14)20-15-9-8-12(2)13(3)10-15/h5-10,19H,4,11H2,1-3H3. The van der Waals surface area contributed by atoms with Crippen LogP contribution < -0.4 is 10.1 Å². The van der Waals surface area contributed by atoms with Gasteiger partial charge in [-0.05, 0) is 49.7 Å². The van der Waals surface area contributed by atoms with Crippen LogP contribution in [0.15, 0.2) is 36.4 Å². The van der Waals surface area contributed by atoms with Gasteiger partial charge in [0.25, 0.3) is 0 Å². The highest BCUT2D eigenvalue weighted by Gasteiger charge is 2.09. The third-order valence-electron chi connectivity index (χ3n) is 3.31. The molecule has 0 radical (unpaired) electrons. The summed E-state index contributed by atoms with van der Waals surface area (Å²) in [4.78, 5) is 0. The van der Waals surface area contributed by atoms with E-state index in [-0.39, 0.29) is 0 Å². The molecule has 0 bridgehead atoms. The molecule has 2 rings (SSSR count). The summed E-state index contributed by atoms with van der Waals surface area (Å²) < 4.78 is 6.00. The quantitative estimate of drug-likeness (QED) is 0.849. The van der Waals surface area contributed by atoms with Crippen LogP contribution in [-0.2, 0) is 6.54 Å². The first-order valence-corrected chi connectivity index (χ1v) is 7.23. The van der Waals surface area contributed by atoms with Gasteiger partial charge in [-0.25, -0.2) is 0 Å². The molecule has 0 aliphatic carbocycles. The van der Waals surface area contributed by atoms with Crippen LogP contribution in [0.25, 0.3) is 0 Å². The molecule has 3 heteroatoms. The Bertz CT molecular complexity index is 596. The largest absolute Gasteiger partial charge is 0.455 e. The van der Waals surface area contributed by atoms with Gasteiger partial charge in [0.05, 0.1) is 5.02 Å². The highest BCUT2D eigenvalue weighted by molar-refractivity contribution is 6.32. The number of nitrogens with one attached hydrogen (secondary N) is 1. The van der Waals surface area contributed by atoms with Crippen molar-refractivity contribution in [2.45, 2.75) is 27.3 Å². The topological polar surface area (TPSA) is 21.3 Å². The van der Waals surface area contributed by atoms with E-state index < -0.39 is 0 Å². The highest BCUT2D eigenvalue weighted by atomic mass is 35.5. The third-order valence-corrected chi connectivity index (χ3v) is 3.61. The summed E-state index contributed by atoms with van der Waals surface area (Å²) in [6, 6.07) is 11.9. The minimum absolute atomic E-state index is 0.638. The van der Waals surface area contributed by atoms with Gasteiger partial charge in [-0.1, -0.05) is 36.7 Å². The van der Waals surface area contributed by atoms with E-state index in [9.17, 15) is 0 Å². The smallest absolute Gasteiger partial charge is 0.150 e. The highest BCUT2D eigenvalue weighted by Crippen LogP contribution is 2.33. The second-order valence-corrected chi connectivity index (χ2v) is 5.26. The Morgan fingerprint density at radius 3 is 2.60 bits per heavy atom. The Kier molecular flexibility index (Phi) is 5.05. The fourth-order valence-corrected chi connectivity index (χ4v) is 2.19. The summed E-state index contributed by atoms with van der Waals surface area (Å²) in [7, 11) is 0. The van der Waals surface area contributed by atoms with Crippen LogP contribution in [0.5, 0.6) is 11.5 Å². The predicted octanol–water partition coefficient (Wildman–Crippen LogP) is 4.86. The van der Waals surface area contributed by atoms with Crippen LogP contribution in [0.1, 0.15) is 23.6 Å². The molecule has 0 unspecified atom stereocenters. The zero-order chi connectivity index (χ0) is 14.5. The number of hydrogen-bond acceptors (Lipinski definition) is 2. The van der Waals surface area contributed by atoms with Crippen molar-refractivity contribution in [3.63, 3.8) is 0 Å². The molecule has 0 saturated heterocycles. The SMILES string of the molecule is CCNCc1cccc(Cl)c1Oc1ccc(C)c(C)c1. The second-order valence-electron chi connectivity index (χ2n) is 4.86. The minimum Gasteiger partial charge on any atom is -0.455 e. The number of para-hydroxylation sites is 1. The van der Waals surface area contributed by atoms with Crippen LogP contribution in [0.4, 0.5) is 0 Å². The molecule has 1 N–H and O–H groups in total.